The molecule has 0 spiro atoms. The van der Waals surface area contributed by atoms with Crippen LogP contribution in [-0.4, -0.2) is 85.3 Å². The van der Waals surface area contributed by atoms with Crippen LogP contribution in [0.5, 0.6) is 0 Å². The molecule has 112 valence electrons. The maximum absolute atomic E-state index is 10.6. The first-order valence-corrected chi connectivity index (χ1v) is 7.89. The second kappa shape index (κ2) is 7.02. The molecule has 0 bridgehead atoms. The minimum Gasteiger partial charge on any atom is -0.389 e. The molecule has 2 fully saturated rings. The smallest absolute Gasteiger partial charge is 0.0774 e. The molecule has 1 saturated carbocycles. The Morgan fingerprint density at radius 1 is 0.947 bits per heavy atom. The maximum atomic E-state index is 10.6. The second-order valence-corrected chi connectivity index (χ2v) is 6.71. The lowest BCUT2D eigenvalue weighted by Crippen LogP contribution is -2.53. The lowest BCUT2D eigenvalue weighted by atomic mass is 9.84. The fourth-order valence-corrected chi connectivity index (χ4v) is 3.30. The summed E-state index contributed by atoms with van der Waals surface area (Å²) >= 11 is 0. The lowest BCUT2D eigenvalue weighted by molar-refractivity contribution is -0.0356. The summed E-state index contributed by atoms with van der Waals surface area (Å²) in [4.78, 5) is 7.26. The van der Waals surface area contributed by atoms with E-state index in [2.05, 4.69) is 28.8 Å². The average Bonchev–Trinajstić information content (AvgIpc) is 2.38. The van der Waals surface area contributed by atoms with Gasteiger partial charge in [0.05, 0.1) is 5.60 Å². The van der Waals surface area contributed by atoms with Crippen molar-refractivity contribution in [3.8, 4) is 0 Å². The summed E-state index contributed by atoms with van der Waals surface area (Å²) in [7, 11) is 4.27. The average molecular weight is 269 g/mol. The monoisotopic (exact) mass is 269 g/mol. The molecule has 2 aliphatic rings. The number of hydrogen-bond acceptors (Lipinski definition) is 4. The summed E-state index contributed by atoms with van der Waals surface area (Å²) in [6.07, 6.45) is 5.74. The third-order valence-electron chi connectivity index (χ3n) is 4.63. The molecule has 4 heteroatoms. The van der Waals surface area contributed by atoms with E-state index in [-0.39, 0.29) is 5.60 Å². The Balaban J connectivity index is 1.68. The van der Waals surface area contributed by atoms with Crippen molar-refractivity contribution in [3.05, 3.63) is 0 Å². The molecular formula is C15H31N3O. The fraction of sp³-hybridized carbons (Fsp3) is 1.00. The number of aliphatic hydroxyl groups is 1. The van der Waals surface area contributed by atoms with Gasteiger partial charge in [0.2, 0.25) is 0 Å². The Hall–Kier alpha value is -0.160. The predicted molar refractivity (Wildman–Crippen MR) is 79.5 cm³/mol. The van der Waals surface area contributed by atoms with Crippen LogP contribution in [0, 0.1) is 0 Å². The Kier molecular flexibility index (Phi) is 5.63. The van der Waals surface area contributed by atoms with Gasteiger partial charge in [0.15, 0.2) is 0 Å². The topological polar surface area (TPSA) is 30.0 Å². The van der Waals surface area contributed by atoms with Gasteiger partial charge in [-0.1, -0.05) is 19.3 Å². The summed E-state index contributed by atoms with van der Waals surface area (Å²) < 4.78 is 0. The maximum Gasteiger partial charge on any atom is 0.0774 e. The van der Waals surface area contributed by atoms with Crippen molar-refractivity contribution >= 4 is 0 Å². The molecule has 0 atom stereocenters. The van der Waals surface area contributed by atoms with Crippen LogP contribution >= 0.6 is 0 Å². The van der Waals surface area contributed by atoms with Crippen molar-refractivity contribution in [2.45, 2.75) is 37.7 Å². The van der Waals surface area contributed by atoms with E-state index in [0.29, 0.717) is 0 Å². The Labute approximate surface area is 118 Å². The highest BCUT2D eigenvalue weighted by Crippen LogP contribution is 2.29. The van der Waals surface area contributed by atoms with E-state index in [4.69, 9.17) is 0 Å². The summed E-state index contributed by atoms with van der Waals surface area (Å²) in [5.74, 6) is 0. The van der Waals surface area contributed by atoms with Crippen LogP contribution in [-0.2, 0) is 0 Å². The molecule has 0 aromatic heterocycles. The Bertz CT molecular complexity index is 256. The number of piperazine rings is 1. The van der Waals surface area contributed by atoms with Gasteiger partial charge in [-0.25, -0.2) is 0 Å². The summed E-state index contributed by atoms with van der Waals surface area (Å²) in [6.45, 7) is 7.77. The van der Waals surface area contributed by atoms with Crippen LogP contribution in [0.2, 0.25) is 0 Å². The third kappa shape index (κ3) is 5.03. The quantitative estimate of drug-likeness (QED) is 0.802. The zero-order valence-electron chi connectivity index (χ0n) is 12.8. The largest absolute Gasteiger partial charge is 0.389 e. The molecule has 1 saturated heterocycles. The zero-order valence-corrected chi connectivity index (χ0v) is 12.8. The molecule has 1 aliphatic heterocycles. The van der Waals surface area contributed by atoms with E-state index in [1.165, 1.54) is 25.8 Å². The van der Waals surface area contributed by atoms with Crippen molar-refractivity contribution in [1.29, 1.82) is 0 Å². The van der Waals surface area contributed by atoms with Gasteiger partial charge in [-0.05, 0) is 26.9 Å². The van der Waals surface area contributed by atoms with E-state index >= 15 is 0 Å². The van der Waals surface area contributed by atoms with Crippen LogP contribution in [0.3, 0.4) is 0 Å². The first-order valence-electron chi connectivity index (χ1n) is 7.89. The minimum absolute atomic E-state index is 0.385. The highest BCUT2D eigenvalue weighted by molar-refractivity contribution is 4.87. The molecular weight excluding hydrogens is 238 g/mol. The van der Waals surface area contributed by atoms with Gasteiger partial charge >= 0.3 is 0 Å². The number of likely N-dealkylation sites (N-methyl/N-ethyl adjacent to an activating group) is 1. The van der Waals surface area contributed by atoms with Gasteiger partial charge in [-0.2, -0.15) is 0 Å². The second-order valence-electron chi connectivity index (χ2n) is 6.71. The van der Waals surface area contributed by atoms with Gasteiger partial charge in [0.1, 0.15) is 0 Å². The number of rotatable bonds is 5. The first kappa shape index (κ1) is 15.2. The fourth-order valence-electron chi connectivity index (χ4n) is 3.30. The molecule has 0 aromatic rings. The van der Waals surface area contributed by atoms with Crippen molar-refractivity contribution in [3.63, 3.8) is 0 Å². The van der Waals surface area contributed by atoms with E-state index < -0.39 is 0 Å². The molecule has 1 N–H and O–H groups in total. The summed E-state index contributed by atoms with van der Waals surface area (Å²) in [5, 5.41) is 10.6. The lowest BCUT2D eigenvalue weighted by Gasteiger charge is -2.41. The van der Waals surface area contributed by atoms with E-state index in [1.807, 2.05) is 0 Å². The number of nitrogens with zero attached hydrogens (tertiary/aromatic N) is 3. The minimum atomic E-state index is -0.385. The van der Waals surface area contributed by atoms with Crippen molar-refractivity contribution in [2.75, 3.05) is 59.9 Å². The highest BCUT2D eigenvalue weighted by atomic mass is 16.3. The first-order chi connectivity index (χ1) is 9.07. The third-order valence-corrected chi connectivity index (χ3v) is 4.63. The molecule has 0 unspecified atom stereocenters. The molecule has 0 amide bonds. The molecule has 2 rings (SSSR count). The molecule has 0 aromatic carbocycles. The summed E-state index contributed by atoms with van der Waals surface area (Å²) in [6, 6.07) is 0. The Morgan fingerprint density at radius 3 is 2.11 bits per heavy atom. The highest BCUT2D eigenvalue weighted by Gasteiger charge is 2.32. The van der Waals surface area contributed by atoms with Gasteiger partial charge in [0, 0.05) is 45.8 Å². The standard InChI is InChI=1S/C15H31N3O/c1-16(2)8-9-17-10-12-18(13-11-17)14-15(19)6-4-3-5-7-15/h19H,3-14H2,1-2H3. The van der Waals surface area contributed by atoms with Gasteiger partial charge in [-0.15, -0.1) is 0 Å². The number of hydrogen-bond donors (Lipinski definition) is 1. The molecule has 1 aliphatic carbocycles. The molecule has 19 heavy (non-hydrogen) atoms. The molecule has 1 heterocycles. The van der Waals surface area contributed by atoms with Gasteiger partial charge < -0.3 is 10.0 Å². The SMILES string of the molecule is CN(C)CCN1CCN(CC2(O)CCCCC2)CC1. The van der Waals surface area contributed by atoms with Gasteiger partial charge in [0.25, 0.3) is 0 Å². The van der Waals surface area contributed by atoms with E-state index in [1.54, 1.807) is 0 Å². The van der Waals surface area contributed by atoms with Crippen molar-refractivity contribution in [1.82, 2.24) is 14.7 Å². The Morgan fingerprint density at radius 2 is 1.53 bits per heavy atom. The number of β-amino-alcohol motifs (C(OH)–C–C–N with tert-alkyl or cyclic N) is 1. The zero-order chi connectivity index (χ0) is 13.7. The molecule has 4 nitrogen and oxygen atoms in total. The van der Waals surface area contributed by atoms with E-state index in [0.717, 1.165) is 52.1 Å². The normalized spacial score (nSPS) is 25.9. The predicted octanol–water partition coefficient (Wildman–Crippen LogP) is 0.861. The van der Waals surface area contributed by atoms with Crippen LogP contribution < -0.4 is 0 Å². The summed E-state index contributed by atoms with van der Waals surface area (Å²) in [5.41, 5.74) is -0.385. The van der Waals surface area contributed by atoms with Crippen LogP contribution in [0.25, 0.3) is 0 Å². The van der Waals surface area contributed by atoms with Crippen molar-refractivity contribution < 1.29 is 5.11 Å². The van der Waals surface area contributed by atoms with Crippen molar-refractivity contribution in [2.24, 2.45) is 0 Å². The van der Waals surface area contributed by atoms with Crippen LogP contribution in [0.15, 0.2) is 0 Å². The van der Waals surface area contributed by atoms with Crippen LogP contribution in [0.1, 0.15) is 32.1 Å². The van der Waals surface area contributed by atoms with Crippen LogP contribution in [0.4, 0.5) is 0 Å². The molecule has 0 radical (unpaired) electrons. The van der Waals surface area contributed by atoms with Gasteiger partial charge in [-0.3, -0.25) is 9.80 Å². The van der Waals surface area contributed by atoms with E-state index in [9.17, 15) is 5.11 Å².